The Hall–Kier alpha value is -3.93. The first-order valence-corrected chi connectivity index (χ1v) is 12.2. The largest absolute Gasteiger partial charge is 0.480 e. The number of hydrogen-bond donors (Lipinski definition) is 9. The Balaban J connectivity index is 0.00000122. The molecule has 1 aliphatic rings. The van der Waals surface area contributed by atoms with E-state index in [9.17, 15) is 43.5 Å². The van der Waals surface area contributed by atoms with Crippen LogP contribution in [0.15, 0.2) is 0 Å². The number of carboxylic acid groups (broad SMARTS) is 2. The molecule has 0 aromatic heterocycles. The van der Waals surface area contributed by atoms with Gasteiger partial charge in [0, 0.05) is 19.2 Å². The molecule has 0 radical (unpaired) electrons. The third-order valence-electron chi connectivity index (χ3n) is 5.21. The maximum absolute atomic E-state index is 12.7. The number of aliphatic carboxylic acids is 2. The number of rotatable bonds is 13. The predicted molar refractivity (Wildman–Crippen MR) is 137 cm³/mol. The van der Waals surface area contributed by atoms with Crippen molar-refractivity contribution in [1.29, 1.82) is 0 Å². The van der Waals surface area contributed by atoms with Crippen LogP contribution >= 0.6 is 12.6 Å². The maximum atomic E-state index is 12.7. The van der Waals surface area contributed by atoms with Gasteiger partial charge in [-0.3, -0.25) is 28.8 Å². The minimum absolute atomic E-state index is 0.106. The fourth-order valence-corrected chi connectivity index (χ4v) is 3.56. The van der Waals surface area contributed by atoms with Gasteiger partial charge in [0.05, 0.1) is 18.9 Å². The zero-order valence-electron chi connectivity index (χ0n) is 21.4. The van der Waals surface area contributed by atoms with Crippen LogP contribution in [-0.2, 0) is 38.4 Å². The second-order valence-corrected chi connectivity index (χ2v) is 8.91. The van der Waals surface area contributed by atoms with E-state index in [1.807, 2.05) is 0 Å². The third kappa shape index (κ3) is 12.9. The summed E-state index contributed by atoms with van der Waals surface area (Å²) in [6.45, 7) is 2.72. The van der Waals surface area contributed by atoms with Gasteiger partial charge in [-0.25, -0.2) is 9.59 Å². The quantitative estimate of drug-likeness (QED) is 0.0942. The number of carbonyl (C=O) groups is 8. The van der Waals surface area contributed by atoms with Crippen molar-refractivity contribution in [3.63, 3.8) is 0 Å². The SMILES string of the molecule is CC(=O)N[C@@H](CS)C(=O)O.C[C@H](NC(=O)[C@@H](N)CC(N)=O)C(=O)N[C@@H](CC(N)=O)C(=O)N1CCC[C@H]1C(=O)O. The molecular weight excluding hydrogens is 542 g/mol. The zero-order chi connectivity index (χ0) is 30.4. The third-order valence-corrected chi connectivity index (χ3v) is 5.57. The molecule has 6 amide bonds. The van der Waals surface area contributed by atoms with E-state index in [1.165, 1.54) is 13.8 Å². The molecule has 0 spiro atoms. The van der Waals surface area contributed by atoms with E-state index in [0.717, 1.165) is 4.90 Å². The Morgan fingerprint density at radius 1 is 0.923 bits per heavy atom. The molecule has 0 aliphatic carbocycles. The van der Waals surface area contributed by atoms with Gasteiger partial charge < -0.3 is 48.3 Å². The predicted octanol–water partition coefficient (Wildman–Crippen LogP) is -4.36. The van der Waals surface area contributed by atoms with Gasteiger partial charge in [0.25, 0.3) is 0 Å². The topological polar surface area (TPSA) is 294 Å². The number of primary amides is 2. The fourth-order valence-electron chi connectivity index (χ4n) is 3.31. The highest BCUT2D eigenvalue weighted by atomic mass is 32.1. The van der Waals surface area contributed by atoms with Crippen LogP contribution in [0.4, 0.5) is 0 Å². The van der Waals surface area contributed by atoms with Crippen LogP contribution in [0.5, 0.6) is 0 Å². The number of nitrogens with zero attached hydrogens (tertiary/aromatic N) is 1. The Morgan fingerprint density at radius 3 is 1.90 bits per heavy atom. The van der Waals surface area contributed by atoms with Crippen molar-refractivity contribution in [3.05, 3.63) is 0 Å². The molecule has 220 valence electrons. The molecule has 0 aromatic carbocycles. The van der Waals surface area contributed by atoms with Crippen molar-refractivity contribution < 1.29 is 48.6 Å². The Bertz CT molecular complexity index is 963. The molecule has 1 fully saturated rings. The lowest BCUT2D eigenvalue weighted by atomic mass is 10.1. The molecule has 0 bridgehead atoms. The van der Waals surface area contributed by atoms with E-state index in [4.69, 9.17) is 22.3 Å². The Labute approximate surface area is 229 Å². The molecule has 39 heavy (non-hydrogen) atoms. The molecule has 1 aliphatic heterocycles. The van der Waals surface area contributed by atoms with Crippen LogP contribution in [-0.4, -0.2) is 105 Å². The summed E-state index contributed by atoms with van der Waals surface area (Å²) in [7, 11) is 0. The highest BCUT2D eigenvalue weighted by molar-refractivity contribution is 7.80. The smallest absolute Gasteiger partial charge is 0.327 e. The first kappa shape index (κ1) is 35.1. The number of carboxylic acids is 2. The standard InChI is InChI=1S/C16H26N6O7.C5H9NO3S/c1-7(20-14(26)8(17)5-11(18)23)13(25)21-9(6-12(19)24)15(27)22-4-2-3-10(22)16(28)29;1-3(7)6-4(2-10)5(8)9/h7-10H,2-6,17H2,1H3,(H2,18,23)(H2,19,24)(H,20,26)(H,21,25)(H,28,29);4,10H,2H2,1H3,(H,6,7)(H,8,9)/t7-,8-,9-,10-;4-/m00/s1. The van der Waals surface area contributed by atoms with E-state index in [2.05, 4.69) is 28.6 Å². The lowest BCUT2D eigenvalue weighted by Crippen LogP contribution is -2.57. The zero-order valence-corrected chi connectivity index (χ0v) is 22.3. The monoisotopic (exact) mass is 577 g/mol. The first-order chi connectivity index (χ1) is 18.0. The average molecular weight is 578 g/mol. The van der Waals surface area contributed by atoms with Crippen molar-refractivity contribution in [3.8, 4) is 0 Å². The molecule has 0 saturated carbocycles. The molecular formula is C21H35N7O10S. The molecule has 1 saturated heterocycles. The minimum atomic E-state index is -1.39. The van der Waals surface area contributed by atoms with E-state index in [0.29, 0.717) is 6.42 Å². The number of nitrogens with two attached hydrogens (primary N) is 3. The molecule has 17 nitrogen and oxygen atoms in total. The van der Waals surface area contributed by atoms with Crippen LogP contribution < -0.4 is 33.2 Å². The van der Waals surface area contributed by atoms with Crippen LogP contribution in [0, 0.1) is 0 Å². The minimum Gasteiger partial charge on any atom is -0.480 e. The summed E-state index contributed by atoms with van der Waals surface area (Å²) in [6, 6.07) is -5.75. The molecule has 11 N–H and O–H groups in total. The number of thiol groups is 1. The van der Waals surface area contributed by atoms with E-state index in [-0.39, 0.29) is 24.6 Å². The van der Waals surface area contributed by atoms with Gasteiger partial charge in [-0.15, -0.1) is 0 Å². The number of likely N-dealkylation sites (tertiary alicyclic amines) is 1. The van der Waals surface area contributed by atoms with E-state index < -0.39 is 84.5 Å². The summed E-state index contributed by atoms with van der Waals surface area (Å²) in [5.41, 5.74) is 15.6. The lowest BCUT2D eigenvalue weighted by Gasteiger charge is -2.27. The van der Waals surface area contributed by atoms with Gasteiger partial charge in [-0.1, -0.05) is 0 Å². The second-order valence-electron chi connectivity index (χ2n) is 8.54. The summed E-state index contributed by atoms with van der Waals surface area (Å²) < 4.78 is 0. The Morgan fingerprint density at radius 2 is 1.49 bits per heavy atom. The van der Waals surface area contributed by atoms with Crippen LogP contribution in [0.2, 0.25) is 0 Å². The molecule has 1 heterocycles. The van der Waals surface area contributed by atoms with Crippen molar-refractivity contribution in [2.75, 3.05) is 12.3 Å². The van der Waals surface area contributed by atoms with Crippen molar-refractivity contribution >= 4 is 60.0 Å². The molecule has 0 unspecified atom stereocenters. The summed E-state index contributed by atoms with van der Waals surface area (Å²) in [5.74, 6) is -6.58. The maximum Gasteiger partial charge on any atom is 0.327 e. The number of amides is 6. The van der Waals surface area contributed by atoms with Gasteiger partial charge in [0.1, 0.15) is 24.2 Å². The fraction of sp³-hybridized carbons (Fsp3) is 0.619. The lowest BCUT2D eigenvalue weighted by molar-refractivity contribution is -0.149. The summed E-state index contributed by atoms with van der Waals surface area (Å²) in [4.78, 5) is 91.9. The molecule has 18 heteroatoms. The molecule has 0 aromatic rings. The van der Waals surface area contributed by atoms with Gasteiger partial charge >= 0.3 is 11.9 Å². The van der Waals surface area contributed by atoms with Crippen LogP contribution in [0.3, 0.4) is 0 Å². The number of carbonyl (C=O) groups excluding carboxylic acids is 6. The van der Waals surface area contributed by atoms with Crippen molar-refractivity contribution in [2.45, 2.75) is 69.7 Å². The average Bonchev–Trinajstić information content (AvgIpc) is 3.31. The summed E-state index contributed by atoms with van der Waals surface area (Å²) >= 11 is 3.73. The van der Waals surface area contributed by atoms with Gasteiger partial charge in [0.15, 0.2) is 0 Å². The highest BCUT2D eigenvalue weighted by Gasteiger charge is 2.38. The summed E-state index contributed by atoms with van der Waals surface area (Å²) in [6.07, 6.45) is -0.254. The van der Waals surface area contributed by atoms with Crippen molar-refractivity contribution in [2.24, 2.45) is 17.2 Å². The number of hydrogen-bond acceptors (Lipinski definition) is 10. The van der Waals surface area contributed by atoms with E-state index >= 15 is 0 Å². The van der Waals surface area contributed by atoms with Crippen LogP contribution in [0.1, 0.15) is 39.5 Å². The first-order valence-electron chi connectivity index (χ1n) is 11.6. The summed E-state index contributed by atoms with van der Waals surface area (Å²) in [5, 5.41) is 24.3. The molecule has 1 rings (SSSR count). The Kier molecular flexibility index (Phi) is 15.1. The number of nitrogens with one attached hydrogen (secondary N) is 3. The van der Waals surface area contributed by atoms with Gasteiger partial charge in [-0.05, 0) is 19.8 Å². The van der Waals surface area contributed by atoms with Crippen molar-refractivity contribution in [1.82, 2.24) is 20.9 Å². The second kappa shape index (κ2) is 16.8. The normalized spacial score (nSPS) is 17.2. The van der Waals surface area contributed by atoms with Crippen LogP contribution in [0.25, 0.3) is 0 Å². The molecule has 5 atom stereocenters. The van der Waals surface area contributed by atoms with Gasteiger partial charge in [0.2, 0.25) is 35.4 Å². The highest BCUT2D eigenvalue weighted by Crippen LogP contribution is 2.19. The van der Waals surface area contributed by atoms with Gasteiger partial charge in [-0.2, -0.15) is 12.6 Å². The van der Waals surface area contributed by atoms with E-state index in [1.54, 1.807) is 0 Å².